The van der Waals surface area contributed by atoms with Crippen molar-refractivity contribution in [2.24, 2.45) is 0 Å². The summed E-state index contributed by atoms with van der Waals surface area (Å²) in [4.78, 5) is 11.1. The smallest absolute Gasteiger partial charge is 0.254 e. The zero-order valence-electron chi connectivity index (χ0n) is 6.10. The van der Waals surface area contributed by atoms with Crippen LogP contribution in [-0.4, -0.2) is 5.91 Å². The van der Waals surface area contributed by atoms with Gasteiger partial charge in [0.25, 0.3) is 5.91 Å². The van der Waals surface area contributed by atoms with Crippen LogP contribution in [0.1, 0.15) is 10.4 Å². The Balaban J connectivity index is 3.21. The van der Waals surface area contributed by atoms with Gasteiger partial charge in [0, 0.05) is 7.05 Å². The van der Waals surface area contributed by atoms with E-state index in [-0.39, 0.29) is 11.5 Å². The van der Waals surface area contributed by atoms with Gasteiger partial charge in [0.15, 0.2) is 0 Å². The zero-order chi connectivity index (χ0) is 9.14. The van der Waals surface area contributed by atoms with Gasteiger partial charge in [-0.25, -0.2) is 0 Å². The summed E-state index contributed by atoms with van der Waals surface area (Å²) in [6.07, 6.45) is 0. The first kappa shape index (κ1) is 9.36. The van der Waals surface area contributed by atoms with E-state index in [1.807, 2.05) is 0 Å². The van der Waals surface area contributed by atoms with Crippen LogP contribution in [0.25, 0.3) is 0 Å². The van der Waals surface area contributed by atoms with Crippen LogP contribution in [0, 0.1) is 7.05 Å². The minimum atomic E-state index is -0.384. The highest BCUT2D eigenvalue weighted by Crippen LogP contribution is 2.23. The van der Waals surface area contributed by atoms with Crippen molar-refractivity contribution in [2.75, 3.05) is 0 Å². The Morgan fingerprint density at radius 2 is 1.83 bits per heavy atom. The third-order valence-electron chi connectivity index (χ3n) is 1.35. The Bertz CT molecular complexity index is 292. The molecule has 0 aliphatic heterocycles. The summed E-state index contributed by atoms with van der Waals surface area (Å²) in [5, 5.41) is 2.85. The minimum Gasteiger partial charge on any atom is -0.350 e. The highest BCUT2D eigenvalue weighted by Gasteiger charge is 2.11. The molecule has 0 saturated carbocycles. The Morgan fingerprint density at radius 3 is 2.25 bits per heavy atom. The fourth-order valence-corrected chi connectivity index (χ4v) is 1.37. The van der Waals surface area contributed by atoms with E-state index in [4.69, 9.17) is 23.2 Å². The van der Waals surface area contributed by atoms with Crippen LogP contribution in [0.2, 0.25) is 10.0 Å². The molecule has 4 heteroatoms. The van der Waals surface area contributed by atoms with Gasteiger partial charge >= 0.3 is 0 Å². The summed E-state index contributed by atoms with van der Waals surface area (Å²) in [5.41, 5.74) is 0.260. The van der Waals surface area contributed by atoms with Crippen molar-refractivity contribution in [3.8, 4) is 0 Å². The molecular weight excluding hydrogens is 197 g/mol. The maximum Gasteiger partial charge on any atom is 0.254 e. The van der Waals surface area contributed by atoms with Crippen LogP contribution in [0.3, 0.4) is 0 Å². The third-order valence-corrected chi connectivity index (χ3v) is 1.98. The van der Waals surface area contributed by atoms with Gasteiger partial charge in [0.2, 0.25) is 0 Å². The molecule has 1 rings (SSSR count). The molecule has 12 heavy (non-hydrogen) atoms. The maximum atomic E-state index is 11.1. The average Bonchev–Trinajstić information content (AvgIpc) is 2.03. The van der Waals surface area contributed by atoms with Crippen LogP contribution in [0.15, 0.2) is 18.2 Å². The summed E-state index contributed by atoms with van der Waals surface area (Å²) in [7, 11) is 3.23. The van der Waals surface area contributed by atoms with E-state index in [1.165, 1.54) is 0 Å². The molecule has 0 spiro atoms. The number of hydrogen-bond acceptors (Lipinski definition) is 1. The van der Waals surface area contributed by atoms with Gasteiger partial charge in [0.1, 0.15) is 0 Å². The molecule has 0 aromatic heterocycles. The molecule has 2 nitrogen and oxygen atoms in total. The normalized spacial score (nSPS) is 9.58. The molecule has 0 bridgehead atoms. The lowest BCUT2D eigenvalue weighted by Crippen LogP contribution is -2.16. The first-order chi connectivity index (χ1) is 5.66. The largest absolute Gasteiger partial charge is 0.350 e. The molecule has 0 unspecified atom stereocenters. The standard InChI is InChI=1S/C8H6Cl2NO/c1-11-8(12)7-5(9)3-2-4-6(7)10/h2-4H,1H2,(H,11,12). The van der Waals surface area contributed by atoms with Gasteiger partial charge in [-0.05, 0) is 12.1 Å². The number of carbonyl (C=O) groups is 1. The summed E-state index contributed by atoms with van der Waals surface area (Å²) >= 11 is 11.5. The van der Waals surface area contributed by atoms with Gasteiger partial charge in [-0.1, -0.05) is 29.3 Å². The quantitative estimate of drug-likeness (QED) is 0.746. The van der Waals surface area contributed by atoms with Gasteiger partial charge in [-0.15, -0.1) is 0 Å². The van der Waals surface area contributed by atoms with Crippen LogP contribution in [0.4, 0.5) is 0 Å². The second-order valence-electron chi connectivity index (χ2n) is 2.10. The van der Waals surface area contributed by atoms with Crippen molar-refractivity contribution in [2.45, 2.75) is 0 Å². The molecule has 63 valence electrons. The highest BCUT2D eigenvalue weighted by molar-refractivity contribution is 6.39. The topological polar surface area (TPSA) is 29.1 Å². The van der Waals surface area contributed by atoms with Gasteiger partial charge in [-0.3, -0.25) is 4.79 Å². The fraction of sp³-hybridized carbons (Fsp3) is 0. The molecule has 0 aliphatic carbocycles. The Morgan fingerprint density at radius 1 is 1.33 bits per heavy atom. The van der Waals surface area contributed by atoms with Crippen molar-refractivity contribution in [1.29, 1.82) is 0 Å². The van der Waals surface area contributed by atoms with Gasteiger partial charge in [-0.2, -0.15) is 0 Å². The molecule has 0 fully saturated rings. The Labute approximate surface area is 80.5 Å². The number of rotatable bonds is 1. The molecule has 0 atom stereocenters. The van der Waals surface area contributed by atoms with E-state index < -0.39 is 0 Å². The van der Waals surface area contributed by atoms with E-state index in [9.17, 15) is 4.79 Å². The molecule has 0 aliphatic rings. The highest BCUT2D eigenvalue weighted by atomic mass is 35.5. The third kappa shape index (κ3) is 1.71. The number of halogens is 2. The maximum absolute atomic E-state index is 11.1. The van der Waals surface area contributed by atoms with E-state index >= 15 is 0 Å². The van der Waals surface area contributed by atoms with Crippen LogP contribution in [0.5, 0.6) is 0 Å². The van der Waals surface area contributed by atoms with Crippen LogP contribution >= 0.6 is 23.2 Å². The van der Waals surface area contributed by atoms with Crippen molar-refractivity contribution >= 4 is 29.1 Å². The van der Waals surface area contributed by atoms with E-state index in [2.05, 4.69) is 12.4 Å². The summed E-state index contributed by atoms with van der Waals surface area (Å²) in [6.45, 7) is 0. The summed E-state index contributed by atoms with van der Waals surface area (Å²) < 4.78 is 0. The molecule has 1 amide bonds. The van der Waals surface area contributed by atoms with E-state index in [0.717, 1.165) is 0 Å². The second-order valence-corrected chi connectivity index (χ2v) is 2.92. The molecule has 0 saturated heterocycles. The van der Waals surface area contributed by atoms with Crippen molar-refractivity contribution in [1.82, 2.24) is 5.32 Å². The predicted molar refractivity (Wildman–Crippen MR) is 49.3 cm³/mol. The molecule has 0 heterocycles. The number of hydrogen-bond donors (Lipinski definition) is 1. The first-order valence-corrected chi connectivity index (χ1v) is 3.94. The van der Waals surface area contributed by atoms with Gasteiger partial charge in [0.05, 0.1) is 15.6 Å². The number of nitrogens with one attached hydrogen (secondary N) is 1. The van der Waals surface area contributed by atoms with Crippen LogP contribution in [-0.2, 0) is 0 Å². The SMILES string of the molecule is [CH2]NC(=O)c1c(Cl)cccc1Cl. The molecule has 1 aromatic carbocycles. The number of carbonyl (C=O) groups excluding carboxylic acids is 1. The Kier molecular flexibility index (Phi) is 2.95. The van der Waals surface area contributed by atoms with Crippen molar-refractivity contribution in [3.63, 3.8) is 0 Å². The van der Waals surface area contributed by atoms with Gasteiger partial charge < -0.3 is 5.32 Å². The average molecular weight is 203 g/mol. The fourth-order valence-electron chi connectivity index (χ4n) is 0.803. The lowest BCUT2D eigenvalue weighted by atomic mass is 10.2. The lowest BCUT2D eigenvalue weighted by Gasteiger charge is -2.03. The lowest BCUT2D eigenvalue weighted by molar-refractivity contribution is 0.0969. The summed E-state index contributed by atoms with van der Waals surface area (Å²) in [5.74, 6) is -0.384. The Hall–Kier alpha value is -0.730. The van der Waals surface area contributed by atoms with Crippen LogP contribution < -0.4 is 5.32 Å². The summed E-state index contributed by atoms with van der Waals surface area (Å²) in [6, 6.07) is 4.86. The zero-order valence-corrected chi connectivity index (χ0v) is 7.62. The first-order valence-electron chi connectivity index (χ1n) is 3.18. The monoisotopic (exact) mass is 202 g/mol. The molecule has 1 aromatic rings. The van der Waals surface area contributed by atoms with Crippen molar-refractivity contribution in [3.05, 3.63) is 40.9 Å². The van der Waals surface area contributed by atoms with Crippen molar-refractivity contribution < 1.29 is 4.79 Å². The molecule has 1 N–H and O–H groups in total. The second kappa shape index (κ2) is 3.78. The minimum absolute atomic E-state index is 0.260. The van der Waals surface area contributed by atoms with E-state index in [0.29, 0.717) is 10.0 Å². The predicted octanol–water partition coefficient (Wildman–Crippen LogP) is 2.51. The molecular formula is C8H6Cl2NO. The number of amides is 1. The number of benzene rings is 1. The molecule has 1 radical (unpaired) electrons. The van der Waals surface area contributed by atoms with E-state index in [1.54, 1.807) is 18.2 Å².